The minimum atomic E-state index is 0.477. The van der Waals surface area contributed by atoms with Crippen LogP contribution in [0.3, 0.4) is 0 Å². The number of piperidine rings is 1. The molecule has 0 aromatic carbocycles. The summed E-state index contributed by atoms with van der Waals surface area (Å²) < 4.78 is 5.38. The summed E-state index contributed by atoms with van der Waals surface area (Å²) in [5.41, 5.74) is 0. The number of rotatable bonds is 4. The molecule has 1 saturated heterocycles. The van der Waals surface area contributed by atoms with Gasteiger partial charge in [0.1, 0.15) is 12.1 Å². The zero-order chi connectivity index (χ0) is 13.0. The van der Waals surface area contributed by atoms with Gasteiger partial charge >= 0.3 is 0 Å². The van der Waals surface area contributed by atoms with Crippen molar-refractivity contribution in [3.63, 3.8) is 0 Å². The Labute approximate surface area is 109 Å². The smallest absolute Gasteiger partial charge is 0.218 e. The van der Waals surface area contributed by atoms with E-state index < -0.39 is 0 Å². The highest BCUT2D eigenvalue weighted by atomic mass is 16.5. The Bertz CT molecular complexity index is 385. The zero-order valence-electron chi connectivity index (χ0n) is 11.4. The maximum atomic E-state index is 5.38. The van der Waals surface area contributed by atoms with Crippen molar-refractivity contribution in [1.82, 2.24) is 14.9 Å². The molecule has 2 heterocycles. The van der Waals surface area contributed by atoms with Gasteiger partial charge in [0, 0.05) is 18.7 Å². The SMILES string of the molecule is CCOc1cc(NC2CCN(C)CC2C)ncn1. The molecule has 1 aromatic rings. The lowest BCUT2D eigenvalue weighted by atomic mass is 9.94. The Morgan fingerprint density at radius 2 is 2.33 bits per heavy atom. The van der Waals surface area contributed by atoms with Crippen LogP contribution in [-0.4, -0.2) is 47.7 Å². The molecule has 0 bridgehead atoms. The highest BCUT2D eigenvalue weighted by Crippen LogP contribution is 2.20. The fraction of sp³-hybridized carbons (Fsp3) is 0.692. The topological polar surface area (TPSA) is 50.3 Å². The van der Waals surface area contributed by atoms with Gasteiger partial charge in [0.15, 0.2) is 0 Å². The Morgan fingerprint density at radius 3 is 3.06 bits per heavy atom. The number of hydrogen-bond donors (Lipinski definition) is 1. The molecule has 0 saturated carbocycles. The van der Waals surface area contributed by atoms with Crippen LogP contribution in [0.2, 0.25) is 0 Å². The van der Waals surface area contributed by atoms with Crippen LogP contribution >= 0.6 is 0 Å². The van der Waals surface area contributed by atoms with Crippen LogP contribution in [0, 0.1) is 5.92 Å². The minimum absolute atomic E-state index is 0.477. The Kier molecular flexibility index (Phi) is 4.36. The van der Waals surface area contributed by atoms with E-state index in [9.17, 15) is 0 Å². The van der Waals surface area contributed by atoms with E-state index in [2.05, 4.69) is 34.2 Å². The van der Waals surface area contributed by atoms with Crippen LogP contribution in [0.1, 0.15) is 20.3 Å². The van der Waals surface area contributed by atoms with E-state index in [4.69, 9.17) is 4.74 Å². The molecule has 2 rings (SSSR count). The third-order valence-electron chi connectivity index (χ3n) is 3.38. The summed E-state index contributed by atoms with van der Waals surface area (Å²) in [6, 6.07) is 2.35. The molecule has 0 amide bonds. The maximum Gasteiger partial charge on any atom is 0.218 e. The summed E-state index contributed by atoms with van der Waals surface area (Å²) in [5.74, 6) is 2.11. The first-order valence-electron chi connectivity index (χ1n) is 6.59. The fourth-order valence-electron chi connectivity index (χ4n) is 2.40. The standard InChI is InChI=1S/C13H22N4O/c1-4-18-13-7-12(14-9-15-13)16-11-5-6-17(3)8-10(11)2/h7,9-11H,4-6,8H2,1-3H3,(H,14,15,16). The van der Waals surface area contributed by atoms with Gasteiger partial charge < -0.3 is 15.0 Å². The number of ether oxygens (including phenoxy) is 1. The van der Waals surface area contributed by atoms with Crippen molar-refractivity contribution < 1.29 is 4.74 Å². The van der Waals surface area contributed by atoms with Crippen molar-refractivity contribution in [1.29, 1.82) is 0 Å². The van der Waals surface area contributed by atoms with Crippen LogP contribution < -0.4 is 10.1 Å². The number of hydrogen-bond acceptors (Lipinski definition) is 5. The average molecular weight is 250 g/mol. The fourth-order valence-corrected chi connectivity index (χ4v) is 2.40. The van der Waals surface area contributed by atoms with Gasteiger partial charge in [-0.05, 0) is 32.9 Å². The van der Waals surface area contributed by atoms with E-state index >= 15 is 0 Å². The van der Waals surface area contributed by atoms with Gasteiger partial charge in [0.25, 0.3) is 0 Å². The molecule has 5 heteroatoms. The lowest BCUT2D eigenvalue weighted by Crippen LogP contribution is -2.43. The zero-order valence-corrected chi connectivity index (χ0v) is 11.4. The molecular weight excluding hydrogens is 228 g/mol. The molecule has 1 N–H and O–H groups in total. The Morgan fingerprint density at radius 1 is 1.50 bits per heavy atom. The first-order chi connectivity index (χ1) is 8.69. The van der Waals surface area contributed by atoms with Crippen LogP contribution in [-0.2, 0) is 0 Å². The van der Waals surface area contributed by atoms with E-state index in [-0.39, 0.29) is 0 Å². The molecule has 2 atom stereocenters. The highest BCUT2D eigenvalue weighted by molar-refractivity contribution is 5.38. The van der Waals surface area contributed by atoms with E-state index in [1.807, 2.05) is 13.0 Å². The molecule has 1 aromatic heterocycles. The van der Waals surface area contributed by atoms with Crippen LogP contribution in [0.5, 0.6) is 5.88 Å². The van der Waals surface area contributed by atoms with Crippen molar-refractivity contribution in [2.24, 2.45) is 5.92 Å². The Balaban J connectivity index is 1.98. The number of anilines is 1. The molecule has 5 nitrogen and oxygen atoms in total. The third-order valence-corrected chi connectivity index (χ3v) is 3.38. The van der Waals surface area contributed by atoms with Crippen molar-refractivity contribution in [2.75, 3.05) is 32.1 Å². The average Bonchev–Trinajstić information content (AvgIpc) is 2.34. The molecular formula is C13H22N4O. The summed E-state index contributed by atoms with van der Waals surface area (Å²) >= 11 is 0. The number of nitrogens with zero attached hydrogens (tertiary/aromatic N) is 3. The largest absolute Gasteiger partial charge is 0.478 e. The van der Waals surface area contributed by atoms with Gasteiger partial charge in [0.2, 0.25) is 5.88 Å². The van der Waals surface area contributed by atoms with Crippen molar-refractivity contribution in [3.05, 3.63) is 12.4 Å². The number of nitrogens with one attached hydrogen (secondary N) is 1. The molecule has 100 valence electrons. The molecule has 0 aliphatic carbocycles. The predicted octanol–water partition coefficient (Wildman–Crippen LogP) is 1.63. The molecule has 1 aliphatic rings. The van der Waals surface area contributed by atoms with Crippen molar-refractivity contribution >= 4 is 5.82 Å². The normalized spacial score (nSPS) is 24.8. The lowest BCUT2D eigenvalue weighted by molar-refractivity contribution is 0.206. The first-order valence-corrected chi connectivity index (χ1v) is 6.59. The van der Waals surface area contributed by atoms with Gasteiger partial charge in [0.05, 0.1) is 6.61 Å². The van der Waals surface area contributed by atoms with Crippen LogP contribution in [0.4, 0.5) is 5.82 Å². The highest BCUT2D eigenvalue weighted by Gasteiger charge is 2.24. The predicted molar refractivity (Wildman–Crippen MR) is 71.9 cm³/mol. The summed E-state index contributed by atoms with van der Waals surface area (Å²) in [7, 11) is 2.17. The molecule has 1 aliphatic heterocycles. The number of likely N-dealkylation sites (tertiary alicyclic amines) is 1. The summed E-state index contributed by atoms with van der Waals surface area (Å²) in [6.07, 6.45) is 2.69. The van der Waals surface area contributed by atoms with Gasteiger partial charge in [-0.2, -0.15) is 0 Å². The first kappa shape index (κ1) is 13.1. The molecule has 1 fully saturated rings. The minimum Gasteiger partial charge on any atom is -0.478 e. The molecule has 0 radical (unpaired) electrons. The van der Waals surface area contributed by atoms with Gasteiger partial charge in [-0.25, -0.2) is 9.97 Å². The maximum absolute atomic E-state index is 5.38. The van der Waals surface area contributed by atoms with Crippen molar-refractivity contribution in [2.45, 2.75) is 26.3 Å². The van der Waals surface area contributed by atoms with Gasteiger partial charge in [-0.3, -0.25) is 0 Å². The summed E-state index contributed by atoms with van der Waals surface area (Å²) in [6.45, 7) is 7.11. The van der Waals surface area contributed by atoms with Gasteiger partial charge in [-0.15, -0.1) is 0 Å². The molecule has 2 unspecified atom stereocenters. The Hall–Kier alpha value is -1.36. The van der Waals surface area contributed by atoms with Crippen molar-refractivity contribution in [3.8, 4) is 5.88 Å². The summed E-state index contributed by atoms with van der Waals surface area (Å²) in [4.78, 5) is 10.7. The number of aromatic nitrogens is 2. The monoisotopic (exact) mass is 250 g/mol. The molecule has 18 heavy (non-hydrogen) atoms. The second kappa shape index (κ2) is 6.00. The van der Waals surface area contributed by atoms with E-state index in [1.54, 1.807) is 6.33 Å². The quantitative estimate of drug-likeness (QED) is 0.880. The molecule has 0 spiro atoms. The summed E-state index contributed by atoms with van der Waals surface area (Å²) in [5, 5.41) is 3.49. The van der Waals surface area contributed by atoms with Gasteiger partial charge in [-0.1, -0.05) is 6.92 Å². The van der Waals surface area contributed by atoms with E-state index in [0.29, 0.717) is 24.4 Å². The van der Waals surface area contributed by atoms with E-state index in [1.165, 1.54) is 0 Å². The lowest BCUT2D eigenvalue weighted by Gasteiger charge is -2.35. The third kappa shape index (κ3) is 3.32. The second-order valence-corrected chi connectivity index (χ2v) is 4.95. The van der Waals surface area contributed by atoms with E-state index in [0.717, 1.165) is 25.3 Å². The second-order valence-electron chi connectivity index (χ2n) is 4.95. The van der Waals surface area contributed by atoms with Crippen LogP contribution in [0.25, 0.3) is 0 Å². The van der Waals surface area contributed by atoms with Crippen LogP contribution in [0.15, 0.2) is 12.4 Å².